The van der Waals surface area contributed by atoms with Gasteiger partial charge in [0, 0.05) is 18.2 Å². The summed E-state index contributed by atoms with van der Waals surface area (Å²) in [7, 11) is 0. The van der Waals surface area contributed by atoms with Gasteiger partial charge >= 0.3 is 0 Å². The molecular formula is C21H20N4OS. The highest BCUT2D eigenvalue weighted by molar-refractivity contribution is 7.18. The van der Waals surface area contributed by atoms with Gasteiger partial charge in [0.25, 0.3) is 0 Å². The van der Waals surface area contributed by atoms with Gasteiger partial charge in [-0.15, -0.1) is 11.3 Å². The number of anilines is 1. The van der Waals surface area contributed by atoms with E-state index in [0.29, 0.717) is 23.7 Å². The number of nitrogens with zero attached hydrogens (tertiary/aromatic N) is 3. The predicted octanol–water partition coefficient (Wildman–Crippen LogP) is 3.99. The molecule has 1 aromatic heterocycles. The van der Waals surface area contributed by atoms with Crippen LogP contribution in [0, 0.1) is 11.3 Å². The van der Waals surface area contributed by atoms with Crippen molar-refractivity contribution in [1.29, 1.82) is 5.26 Å². The number of piperidine rings is 1. The van der Waals surface area contributed by atoms with Gasteiger partial charge in [-0.25, -0.2) is 4.98 Å². The van der Waals surface area contributed by atoms with Crippen LogP contribution in [0.25, 0.3) is 10.2 Å². The number of amides is 1. The van der Waals surface area contributed by atoms with Crippen molar-refractivity contribution in [2.45, 2.75) is 18.8 Å². The summed E-state index contributed by atoms with van der Waals surface area (Å²) in [5, 5.41) is 13.0. The van der Waals surface area contributed by atoms with Crippen molar-refractivity contribution in [2.75, 3.05) is 25.0 Å². The monoisotopic (exact) mass is 376 g/mol. The number of carbonyl (C=O) groups excluding carboxylic acids is 1. The molecule has 2 aromatic carbocycles. The van der Waals surface area contributed by atoms with Crippen molar-refractivity contribution in [3.05, 3.63) is 59.1 Å². The second-order valence-electron chi connectivity index (χ2n) is 6.83. The largest absolute Gasteiger partial charge is 0.325 e. The first kappa shape index (κ1) is 17.7. The molecule has 3 aromatic rings. The van der Waals surface area contributed by atoms with E-state index in [2.05, 4.69) is 28.4 Å². The first-order valence-electron chi connectivity index (χ1n) is 9.09. The molecule has 1 N–H and O–H groups in total. The molecule has 0 bridgehead atoms. The van der Waals surface area contributed by atoms with Crippen molar-refractivity contribution in [2.24, 2.45) is 0 Å². The lowest BCUT2D eigenvalue weighted by molar-refractivity contribution is -0.117. The lowest BCUT2D eigenvalue weighted by Gasteiger charge is -2.31. The van der Waals surface area contributed by atoms with E-state index in [0.717, 1.165) is 31.4 Å². The Kier molecular flexibility index (Phi) is 5.14. The molecule has 0 radical (unpaired) electrons. The van der Waals surface area contributed by atoms with E-state index in [1.807, 2.05) is 12.1 Å². The Labute approximate surface area is 162 Å². The van der Waals surface area contributed by atoms with Crippen molar-refractivity contribution < 1.29 is 4.79 Å². The number of hydrogen-bond donors (Lipinski definition) is 1. The second kappa shape index (κ2) is 7.87. The number of para-hydroxylation sites is 1. The van der Waals surface area contributed by atoms with Gasteiger partial charge in [0.15, 0.2) is 0 Å². The molecule has 2 heterocycles. The minimum atomic E-state index is -0.0463. The lowest BCUT2D eigenvalue weighted by atomic mass is 9.99. The fourth-order valence-corrected chi connectivity index (χ4v) is 4.63. The molecular weight excluding hydrogens is 356 g/mol. The van der Waals surface area contributed by atoms with E-state index < -0.39 is 0 Å². The number of benzene rings is 2. The molecule has 0 saturated carbocycles. The highest BCUT2D eigenvalue weighted by Gasteiger charge is 2.25. The number of nitriles is 1. The van der Waals surface area contributed by atoms with E-state index in [4.69, 9.17) is 10.2 Å². The molecule has 27 heavy (non-hydrogen) atoms. The summed E-state index contributed by atoms with van der Waals surface area (Å²) in [5.74, 6) is 0.334. The number of thiazole rings is 1. The molecule has 5 nitrogen and oxygen atoms in total. The topological polar surface area (TPSA) is 69.0 Å². The average Bonchev–Trinajstić information content (AvgIpc) is 3.12. The maximum Gasteiger partial charge on any atom is 0.238 e. The number of carbonyl (C=O) groups is 1. The summed E-state index contributed by atoms with van der Waals surface area (Å²) < 4.78 is 1.22. The van der Waals surface area contributed by atoms with Crippen LogP contribution in [0.2, 0.25) is 0 Å². The number of rotatable bonds is 4. The highest BCUT2D eigenvalue weighted by atomic mass is 32.1. The van der Waals surface area contributed by atoms with E-state index in [1.165, 1.54) is 9.71 Å². The summed E-state index contributed by atoms with van der Waals surface area (Å²) in [6, 6.07) is 17.3. The van der Waals surface area contributed by atoms with Crippen LogP contribution in [0.3, 0.4) is 0 Å². The van der Waals surface area contributed by atoms with Crippen LogP contribution in [0.15, 0.2) is 48.5 Å². The Morgan fingerprint density at radius 2 is 2.19 bits per heavy atom. The second-order valence-corrected chi connectivity index (χ2v) is 7.90. The number of likely N-dealkylation sites (tertiary alicyclic amines) is 1. The Morgan fingerprint density at radius 3 is 3.04 bits per heavy atom. The molecule has 6 heteroatoms. The zero-order chi connectivity index (χ0) is 18.6. The van der Waals surface area contributed by atoms with E-state index in [-0.39, 0.29) is 5.91 Å². The summed E-state index contributed by atoms with van der Waals surface area (Å²) in [6.07, 6.45) is 2.18. The van der Waals surface area contributed by atoms with Gasteiger partial charge in [0.2, 0.25) is 5.91 Å². The van der Waals surface area contributed by atoms with Crippen molar-refractivity contribution in [1.82, 2.24) is 9.88 Å². The van der Waals surface area contributed by atoms with Gasteiger partial charge in [-0.1, -0.05) is 18.2 Å². The number of aromatic nitrogens is 1. The van der Waals surface area contributed by atoms with Gasteiger partial charge in [-0.3, -0.25) is 9.69 Å². The SMILES string of the molecule is N#Cc1cccc(NC(=O)CN2CCC[C@@H](c3nc4ccccc4s3)C2)c1. The molecule has 1 aliphatic rings. The Bertz CT molecular complexity index is 974. The van der Waals surface area contributed by atoms with Crippen molar-refractivity contribution in [3.63, 3.8) is 0 Å². The Balaban J connectivity index is 1.39. The highest BCUT2D eigenvalue weighted by Crippen LogP contribution is 2.32. The Hall–Kier alpha value is -2.75. The molecule has 1 fully saturated rings. The van der Waals surface area contributed by atoms with Crippen LogP contribution >= 0.6 is 11.3 Å². The molecule has 0 unspecified atom stereocenters. The number of nitrogens with one attached hydrogen (secondary N) is 1. The minimum absolute atomic E-state index is 0.0463. The van der Waals surface area contributed by atoms with Crippen LogP contribution in [0.1, 0.15) is 29.3 Å². The van der Waals surface area contributed by atoms with Crippen LogP contribution in [-0.4, -0.2) is 35.4 Å². The fourth-order valence-electron chi connectivity index (χ4n) is 3.54. The van der Waals surface area contributed by atoms with E-state index in [9.17, 15) is 4.79 Å². The van der Waals surface area contributed by atoms with Crippen molar-refractivity contribution in [3.8, 4) is 6.07 Å². The zero-order valence-electron chi connectivity index (χ0n) is 14.9. The van der Waals surface area contributed by atoms with Gasteiger partial charge < -0.3 is 5.32 Å². The third kappa shape index (κ3) is 4.16. The summed E-state index contributed by atoms with van der Waals surface area (Å²) in [6.45, 7) is 2.14. The molecule has 1 aliphatic heterocycles. The normalized spacial score (nSPS) is 17.5. The zero-order valence-corrected chi connectivity index (χ0v) is 15.7. The summed E-state index contributed by atoms with van der Waals surface area (Å²) >= 11 is 1.76. The molecule has 1 atom stereocenters. The van der Waals surface area contributed by atoms with Crippen LogP contribution < -0.4 is 5.32 Å². The maximum atomic E-state index is 12.4. The van der Waals surface area contributed by atoms with Crippen LogP contribution in [-0.2, 0) is 4.79 Å². The van der Waals surface area contributed by atoms with Gasteiger partial charge in [-0.05, 0) is 49.7 Å². The van der Waals surface area contributed by atoms with Gasteiger partial charge in [0.1, 0.15) is 0 Å². The Morgan fingerprint density at radius 1 is 1.30 bits per heavy atom. The molecule has 136 valence electrons. The van der Waals surface area contributed by atoms with E-state index >= 15 is 0 Å². The quantitative estimate of drug-likeness (QED) is 0.748. The smallest absolute Gasteiger partial charge is 0.238 e. The van der Waals surface area contributed by atoms with Crippen molar-refractivity contribution >= 4 is 33.1 Å². The van der Waals surface area contributed by atoms with Gasteiger partial charge in [0.05, 0.1) is 33.4 Å². The van der Waals surface area contributed by atoms with Crippen LogP contribution in [0.4, 0.5) is 5.69 Å². The van der Waals surface area contributed by atoms with E-state index in [1.54, 1.807) is 35.6 Å². The summed E-state index contributed by atoms with van der Waals surface area (Å²) in [4.78, 5) is 19.4. The number of hydrogen-bond acceptors (Lipinski definition) is 5. The molecule has 0 spiro atoms. The third-order valence-corrected chi connectivity index (χ3v) is 6.01. The third-order valence-electron chi connectivity index (χ3n) is 4.81. The van der Waals surface area contributed by atoms with Gasteiger partial charge in [-0.2, -0.15) is 5.26 Å². The molecule has 1 saturated heterocycles. The van der Waals surface area contributed by atoms with Crippen LogP contribution in [0.5, 0.6) is 0 Å². The molecule has 1 amide bonds. The predicted molar refractivity (Wildman–Crippen MR) is 108 cm³/mol. The molecule has 4 rings (SSSR count). The first-order chi connectivity index (χ1) is 13.2. The molecule has 0 aliphatic carbocycles. The standard InChI is InChI=1S/C21H20N4OS/c22-12-15-5-3-7-17(11-15)23-20(26)14-25-10-4-6-16(13-25)21-24-18-8-1-2-9-19(18)27-21/h1-3,5,7-9,11,16H,4,6,10,13-14H2,(H,23,26)/t16-/m1/s1. The minimum Gasteiger partial charge on any atom is -0.325 e. The summed E-state index contributed by atoms with van der Waals surface area (Å²) in [5.41, 5.74) is 2.27. The maximum absolute atomic E-state index is 12.4. The number of fused-ring (bicyclic) bond motifs is 1. The average molecular weight is 376 g/mol. The first-order valence-corrected chi connectivity index (χ1v) is 9.91. The lowest BCUT2D eigenvalue weighted by Crippen LogP contribution is -2.39. The fraction of sp³-hybridized carbons (Fsp3) is 0.286.